The van der Waals surface area contributed by atoms with E-state index in [1.165, 1.54) is 0 Å². The van der Waals surface area contributed by atoms with Crippen LogP contribution in [0.1, 0.15) is 5.56 Å². The molecule has 2 aromatic carbocycles. The van der Waals surface area contributed by atoms with Crippen molar-refractivity contribution in [2.45, 2.75) is 6.18 Å². The number of halogens is 4. The molecular weight excluding hydrogens is 357 g/mol. The third kappa shape index (κ3) is 3.54. The highest BCUT2D eigenvalue weighted by Gasteiger charge is 2.34. The van der Waals surface area contributed by atoms with E-state index in [9.17, 15) is 33.4 Å². The zero-order chi connectivity index (χ0) is 18.1. The van der Waals surface area contributed by atoms with Gasteiger partial charge in [-0.1, -0.05) is 17.7 Å². The zero-order valence-electron chi connectivity index (χ0n) is 11.4. The first-order valence-electron chi connectivity index (χ1n) is 6.07. The highest BCUT2D eigenvalue weighted by Crippen LogP contribution is 2.41. The molecule has 0 spiro atoms. The number of nitro benzene ring substituents is 2. The van der Waals surface area contributed by atoms with E-state index < -0.39 is 43.7 Å². The van der Waals surface area contributed by atoms with Gasteiger partial charge in [-0.3, -0.25) is 20.2 Å². The number of benzene rings is 2. The summed E-state index contributed by atoms with van der Waals surface area (Å²) < 4.78 is 43.4. The molecule has 0 bridgehead atoms. The summed E-state index contributed by atoms with van der Waals surface area (Å²) in [6, 6.07) is 5.48. The minimum Gasteiger partial charge on any atom is -0.456 e. The Kier molecular flexibility index (Phi) is 4.60. The predicted octanol–water partition coefficient (Wildman–Crippen LogP) is 4.97. The Bertz CT molecular complexity index is 826. The molecule has 0 N–H and O–H groups in total. The molecule has 2 rings (SSSR count). The molecule has 0 unspecified atom stereocenters. The monoisotopic (exact) mass is 362 g/mol. The average molecular weight is 363 g/mol. The van der Waals surface area contributed by atoms with Gasteiger partial charge in [0, 0.05) is 6.07 Å². The predicted molar refractivity (Wildman–Crippen MR) is 76.3 cm³/mol. The number of hydrogen-bond acceptors (Lipinski definition) is 5. The van der Waals surface area contributed by atoms with Crippen LogP contribution < -0.4 is 4.74 Å². The van der Waals surface area contributed by atoms with Gasteiger partial charge in [0.1, 0.15) is 11.5 Å². The van der Waals surface area contributed by atoms with E-state index in [0.29, 0.717) is 0 Å². The van der Waals surface area contributed by atoms with Crippen LogP contribution in [0.3, 0.4) is 0 Å². The third-order valence-electron chi connectivity index (χ3n) is 2.84. The summed E-state index contributed by atoms with van der Waals surface area (Å²) in [5.74, 6) is -0.664. The maximum absolute atomic E-state index is 12.8. The summed E-state index contributed by atoms with van der Waals surface area (Å²) in [6.07, 6.45) is -4.71. The fourth-order valence-electron chi connectivity index (χ4n) is 1.80. The second-order valence-corrected chi connectivity index (χ2v) is 4.76. The number of hydrogen-bond donors (Lipinski definition) is 0. The highest BCUT2D eigenvalue weighted by atomic mass is 35.5. The quantitative estimate of drug-likeness (QED) is 0.565. The van der Waals surface area contributed by atoms with Gasteiger partial charge in [-0.05, 0) is 18.2 Å². The average Bonchev–Trinajstić information content (AvgIpc) is 2.47. The maximum atomic E-state index is 12.8. The molecule has 0 fully saturated rings. The molecule has 0 atom stereocenters. The Labute approximate surface area is 136 Å². The van der Waals surface area contributed by atoms with Crippen molar-refractivity contribution < 1.29 is 27.8 Å². The minimum atomic E-state index is -4.71. The number of ether oxygens (including phenoxy) is 1. The van der Waals surface area contributed by atoms with Gasteiger partial charge in [0.2, 0.25) is 0 Å². The molecule has 0 aliphatic carbocycles. The maximum Gasteiger partial charge on any atom is 0.417 e. The van der Waals surface area contributed by atoms with Crippen LogP contribution in [0.4, 0.5) is 24.5 Å². The summed E-state index contributed by atoms with van der Waals surface area (Å²) in [4.78, 5) is 19.6. The molecule has 0 aromatic heterocycles. The van der Waals surface area contributed by atoms with Crippen molar-refractivity contribution in [3.63, 3.8) is 0 Å². The molecule has 0 saturated carbocycles. The van der Waals surface area contributed by atoms with Gasteiger partial charge >= 0.3 is 17.6 Å². The molecule has 0 amide bonds. The second-order valence-electron chi connectivity index (χ2n) is 4.38. The van der Waals surface area contributed by atoms with Crippen molar-refractivity contribution in [1.82, 2.24) is 0 Å². The first kappa shape index (κ1) is 17.5. The fraction of sp³-hybridized carbons (Fsp3) is 0.0769. The molecule has 0 saturated heterocycles. The molecule has 2 aromatic rings. The highest BCUT2D eigenvalue weighted by molar-refractivity contribution is 6.32. The van der Waals surface area contributed by atoms with E-state index in [4.69, 9.17) is 16.3 Å². The lowest BCUT2D eigenvalue weighted by molar-refractivity contribution is -0.422. The molecule has 0 aliphatic rings. The van der Waals surface area contributed by atoms with Crippen LogP contribution in [0, 0.1) is 20.2 Å². The lowest BCUT2D eigenvalue weighted by atomic mass is 10.2. The lowest BCUT2D eigenvalue weighted by Crippen LogP contribution is -2.06. The minimum absolute atomic E-state index is 0.270. The lowest BCUT2D eigenvalue weighted by Gasteiger charge is -2.13. The van der Waals surface area contributed by atoms with Gasteiger partial charge in [0.15, 0.2) is 0 Å². The summed E-state index contributed by atoms with van der Waals surface area (Å²) in [5.41, 5.74) is -2.78. The Morgan fingerprint density at radius 1 is 1.00 bits per heavy atom. The summed E-state index contributed by atoms with van der Waals surface area (Å²) in [7, 11) is 0. The molecule has 0 heterocycles. The van der Waals surface area contributed by atoms with Crippen molar-refractivity contribution in [3.8, 4) is 11.5 Å². The molecule has 24 heavy (non-hydrogen) atoms. The summed E-state index contributed by atoms with van der Waals surface area (Å²) in [5, 5.41) is 20.8. The Balaban J connectivity index is 2.44. The topological polar surface area (TPSA) is 95.5 Å². The van der Waals surface area contributed by atoms with Crippen molar-refractivity contribution in [2.24, 2.45) is 0 Å². The van der Waals surface area contributed by atoms with Crippen LogP contribution in [0.15, 0.2) is 36.4 Å². The van der Waals surface area contributed by atoms with Crippen molar-refractivity contribution >= 4 is 23.0 Å². The molecular formula is C13H6ClF3N2O5. The number of alkyl halides is 3. The van der Waals surface area contributed by atoms with Gasteiger partial charge < -0.3 is 4.74 Å². The molecule has 11 heteroatoms. The van der Waals surface area contributed by atoms with Crippen molar-refractivity contribution in [3.05, 3.63) is 67.2 Å². The van der Waals surface area contributed by atoms with Gasteiger partial charge in [-0.15, -0.1) is 0 Å². The molecule has 126 valence electrons. The van der Waals surface area contributed by atoms with Crippen LogP contribution in [-0.4, -0.2) is 9.85 Å². The summed E-state index contributed by atoms with van der Waals surface area (Å²) in [6.45, 7) is 0. The second kappa shape index (κ2) is 6.32. The third-order valence-corrected chi connectivity index (χ3v) is 3.23. The van der Waals surface area contributed by atoms with Gasteiger partial charge in [-0.25, -0.2) is 0 Å². The van der Waals surface area contributed by atoms with Gasteiger partial charge in [0.05, 0.1) is 26.5 Å². The molecule has 0 radical (unpaired) electrons. The standard InChI is InChI=1S/C13H6ClF3N2O5/c14-12-8(13(15,16)17)2-1-3-11(12)24-7-4-5-9(18(20)21)10(6-7)19(22)23/h1-6H. The Morgan fingerprint density at radius 2 is 1.62 bits per heavy atom. The van der Waals surface area contributed by atoms with Gasteiger partial charge in [-0.2, -0.15) is 13.2 Å². The summed E-state index contributed by atoms with van der Waals surface area (Å²) >= 11 is 5.64. The van der Waals surface area contributed by atoms with E-state index in [1.807, 2.05) is 0 Å². The zero-order valence-corrected chi connectivity index (χ0v) is 12.2. The van der Waals surface area contributed by atoms with Crippen LogP contribution >= 0.6 is 11.6 Å². The molecule has 0 aliphatic heterocycles. The largest absolute Gasteiger partial charge is 0.456 e. The van der Waals surface area contributed by atoms with E-state index in [-0.39, 0.29) is 5.75 Å². The Morgan fingerprint density at radius 3 is 2.17 bits per heavy atom. The number of nitrogens with zero attached hydrogens (tertiary/aromatic N) is 2. The normalized spacial score (nSPS) is 11.2. The van der Waals surface area contributed by atoms with E-state index in [2.05, 4.69) is 0 Å². The van der Waals surface area contributed by atoms with Crippen molar-refractivity contribution in [2.75, 3.05) is 0 Å². The smallest absolute Gasteiger partial charge is 0.417 e. The fourth-order valence-corrected chi connectivity index (χ4v) is 2.07. The van der Waals surface area contributed by atoms with E-state index >= 15 is 0 Å². The first-order chi connectivity index (χ1) is 11.1. The SMILES string of the molecule is O=[N+]([O-])c1ccc(Oc2cccc(C(F)(F)F)c2Cl)cc1[N+](=O)[O-]. The van der Waals surface area contributed by atoms with E-state index in [1.54, 1.807) is 0 Å². The van der Waals surface area contributed by atoms with Crippen LogP contribution in [0.2, 0.25) is 5.02 Å². The Hall–Kier alpha value is -2.88. The van der Waals surface area contributed by atoms with Crippen LogP contribution in [-0.2, 0) is 6.18 Å². The van der Waals surface area contributed by atoms with Crippen LogP contribution in [0.25, 0.3) is 0 Å². The molecule has 7 nitrogen and oxygen atoms in total. The number of nitro groups is 2. The first-order valence-corrected chi connectivity index (χ1v) is 6.45. The number of rotatable bonds is 4. The van der Waals surface area contributed by atoms with E-state index in [0.717, 1.165) is 36.4 Å². The van der Waals surface area contributed by atoms with Crippen molar-refractivity contribution in [1.29, 1.82) is 0 Å². The van der Waals surface area contributed by atoms with Gasteiger partial charge in [0.25, 0.3) is 0 Å². The van der Waals surface area contributed by atoms with Crippen LogP contribution in [0.5, 0.6) is 11.5 Å².